The van der Waals surface area contributed by atoms with E-state index in [0.717, 1.165) is 69.0 Å². The highest BCUT2D eigenvalue weighted by Gasteiger charge is 2.32. The van der Waals surface area contributed by atoms with E-state index in [9.17, 15) is 4.79 Å². The lowest BCUT2D eigenvalue weighted by Crippen LogP contribution is -2.50. The van der Waals surface area contributed by atoms with Crippen LogP contribution in [-0.4, -0.2) is 55.1 Å². The number of likely N-dealkylation sites (tertiary alicyclic amines) is 1. The Kier molecular flexibility index (Phi) is 4.61. The van der Waals surface area contributed by atoms with E-state index in [2.05, 4.69) is 20.1 Å². The molecule has 2 aliphatic rings. The van der Waals surface area contributed by atoms with Crippen molar-refractivity contribution in [2.24, 2.45) is 5.92 Å². The smallest absolute Gasteiger partial charge is 0.298 e. The van der Waals surface area contributed by atoms with E-state index in [-0.39, 0.29) is 11.8 Å². The van der Waals surface area contributed by atoms with Crippen molar-refractivity contribution in [2.75, 3.05) is 38.1 Å². The maximum Gasteiger partial charge on any atom is 0.298 e. The van der Waals surface area contributed by atoms with Gasteiger partial charge in [0.25, 0.3) is 6.01 Å². The Morgan fingerprint density at radius 2 is 2.00 bits per heavy atom. The molecule has 1 N–H and O–H groups in total. The van der Waals surface area contributed by atoms with Crippen molar-refractivity contribution in [3.63, 3.8) is 0 Å². The molecular formula is C19H26N4O2. The van der Waals surface area contributed by atoms with Crippen molar-refractivity contribution < 1.29 is 9.21 Å². The van der Waals surface area contributed by atoms with Gasteiger partial charge in [-0.2, -0.15) is 4.98 Å². The molecule has 2 aromatic rings. The Morgan fingerprint density at radius 3 is 2.76 bits per heavy atom. The fourth-order valence-electron chi connectivity index (χ4n) is 4.17. The maximum atomic E-state index is 12.0. The molecule has 0 spiro atoms. The van der Waals surface area contributed by atoms with Gasteiger partial charge in [-0.05, 0) is 44.4 Å². The summed E-state index contributed by atoms with van der Waals surface area (Å²) in [6.07, 6.45) is 4.32. The molecule has 0 saturated carbocycles. The van der Waals surface area contributed by atoms with Crippen molar-refractivity contribution in [2.45, 2.75) is 31.7 Å². The normalized spacial score (nSPS) is 23.1. The third-order valence-electron chi connectivity index (χ3n) is 5.60. The minimum Gasteiger partial charge on any atom is -0.423 e. The third-order valence-corrected chi connectivity index (χ3v) is 5.60. The van der Waals surface area contributed by atoms with Crippen LogP contribution in [0.5, 0.6) is 0 Å². The van der Waals surface area contributed by atoms with E-state index >= 15 is 0 Å². The summed E-state index contributed by atoms with van der Waals surface area (Å²) in [6, 6.07) is 9.21. The van der Waals surface area contributed by atoms with E-state index in [1.54, 1.807) is 7.05 Å². The summed E-state index contributed by atoms with van der Waals surface area (Å²) < 4.78 is 5.90. The lowest BCUT2D eigenvalue weighted by atomic mass is 9.93. The number of nitrogens with zero attached hydrogens (tertiary/aromatic N) is 3. The first kappa shape index (κ1) is 16.4. The minimum atomic E-state index is 0.147. The number of carbonyl (C=O) groups is 1. The lowest BCUT2D eigenvalue weighted by molar-refractivity contribution is -0.126. The number of amides is 1. The number of benzene rings is 1. The summed E-state index contributed by atoms with van der Waals surface area (Å²) in [5, 5.41) is 2.80. The van der Waals surface area contributed by atoms with Gasteiger partial charge in [0, 0.05) is 32.7 Å². The van der Waals surface area contributed by atoms with Crippen LogP contribution in [0.4, 0.5) is 6.01 Å². The molecule has 25 heavy (non-hydrogen) atoms. The SMILES string of the molecule is CNC(=O)C1CCCN(C2CCN(c3nc4ccccc4o3)CC2)C1. The van der Waals surface area contributed by atoms with E-state index in [1.165, 1.54) is 0 Å². The van der Waals surface area contributed by atoms with Crippen LogP contribution in [0.25, 0.3) is 11.1 Å². The molecule has 1 unspecified atom stereocenters. The molecule has 0 radical (unpaired) electrons. The predicted molar refractivity (Wildman–Crippen MR) is 97.6 cm³/mol. The number of aromatic nitrogens is 1. The molecule has 6 nitrogen and oxygen atoms in total. The highest BCUT2D eigenvalue weighted by atomic mass is 16.4. The first-order valence-electron chi connectivity index (χ1n) is 9.31. The second-order valence-corrected chi connectivity index (χ2v) is 7.13. The quantitative estimate of drug-likeness (QED) is 0.927. The molecule has 4 rings (SSSR count). The van der Waals surface area contributed by atoms with Gasteiger partial charge >= 0.3 is 0 Å². The molecular weight excluding hydrogens is 316 g/mol. The number of fused-ring (bicyclic) bond motifs is 1. The number of rotatable bonds is 3. The van der Waals surface area contributed by atoms with Crippen LogP contribution in [0, 0.1) is 5.92 Å². The van der Waals surface area contributed by atoms with Gasteiger partial charge in [0.1, 0.15) is 5.52 Å². The van der Waals surface area contributed by atoms with Crippen LogP contribution < -0.4 is 10.2 Å². The molecule has 2 fully saturated rings. The van der Waals surface area contributed by atoms with E-state index in [1.807, 2.05) is 24.3 Å². The number of carbonyl (C=O) groups excluding carboxylic acids is 1. The van der Waals surface area contributed by atoms with E-state index in [4.69, 9.17) is 4.42 Å². The zero-order valence-corrected chi connectivity index (χ0v) is 14.8. The average Bonchev–Trinajstić information content (AvgIpc) is 3.12. The van der Waals surface area contributed by atoms with Crippen molar-refractivity contribution in [1.29, 1.82) is 0 Å². The van der Waals surface area contributed by atoms with Gasteiger partial charge in [-0.15, -0.1) is 0 Å². The van der Waals surface area contributed by atoms with Crippen LogP contribution in [0.15, 0.2) is 28.7 Å². The van der Waals surface area contributed by atoms with Gasteiger partial charge in [-0.3, -0.25) is 9.69 Å². The van der Waals surface area contributed by atoms with Crippen molar-refractivity contribution in [3.05, 3.63) is 24.3 Å². The zero-order chi connectivity index (χ0) is 17.2. The highest BCUT2D eigenvalue weighted by Crippen LogP contribution is 2.28. The number of para-hydroxylation sites is 2. The number of piperidine rings is 2. The zero-order valence-electron chi connectivity index (χ0n) is 14.8. The van der Waals surface area contributed by atoms with E-state index < -0.39 is 0 Å². The summed E-state index contributed by atoms with van der Waals surface area (Å²) >= 11 is 0. The molecule has 3 heterocycles. The molecule has 2 saturated heterocycles. The lowest BCUT2D eigenvalue weighted by Gasteiger charge is -2.41. The number of nitrogens with one attached hydrogen (secondary N) is 1. The predicted octanol–water partition coefficient (Wildman–Crippen LogP) is 2.25. The summed E-state index contributed by atoms with van der Waals surface area (Å²) in [6.45, 7) is 3.92. The Bertz CT molecular complexity index is 703. The number of hydrogen-bond donors (Lipinski definition) is 1. The van der Waals surface area contributed by atoms with Crippen molar-refractivity contribution in [3.8, 4) is 0 Å². The van der Waals surface area contributed by atoms with Gasteiger partial charge in [-0.25, -0.2) is 0 Å². The largest absolute Gasteiger partial charge is 0.423 e. The summed E-state index contributed by atoms with van der Waals surface area (Å²) in [4.78, 5) is 21.3. The van der Waals surface area contributed by atoms with Gasteiger partial charge in [-0.1, -0.05) is 12.1 Å². The number of hydrogen-bond acceptors (Lipinski definition) is 5. The first-order valence-corrected chi connectivity index (χ1v) is 9.31. The summed E-state index contributed by atoms with van der Waals surface area (Å²) in [5.74, 6) is 0.336. The average molecular weight is 342 g/mol. The third kappa shape index (κ3) is 3.35. The number of oxazole rings is 1. The molecule has 0 bridgehead atoms. The maximum absolute atomic E-state index is 12.0. The van der Waals surface area contributed by atoms with Crippen LogP contribution in [0.1, 0.15) is 25.7 Å². The Labute approximate surface area is 148 Å². The first-order chi connectivity index (χ1) is 12.2. The summed E-state index contributed by atoms with van der Waals surface area (Å²) in [7, 11) is 1.74. The molecule has 1 aromatic heterocycles. The topological polar surface area (TPSA) is 61.6 Å². The van der Waals surface area contributed by atoms with Gasteiger partial charge < -0.3 is 14.6 Å². The molecule has 1 atom stereocenters. The highest BCUT2D eigenvalue weighted by molar-refractivity contribution is 5.78. The second-order valence-electron chi connectivity index (χ2n) is 7.13. The summed E-state index contributed by atoms with van der Waals surface area (Å²) in [5.41, 5.74) is 1.77. The van der Waals surface area contributed by atoms with Gasteiger partial charge in [0.05, 0.1) is 5.92 Å². The van der Waals surface area contributed by atoms with Crippen molar-refractivity contribution in [1.82, 2.24) is 15.2 Å². The molecule has 0 aliphatic carbocycles. The molecule has 1 amide bonds. The Morgan fingerprint density at radius 1 is 1.20 bits per heavy atom. The fourth-order valence-corrected chi connectivity index (χ4v) is 4.17. The molecule has 6 heteroatoms. The molecule has 2 aliphatic heterocycles. The minimum absolute atomic E-state index is 0.147. The van der Waals surface area contributed by atoms with Crippen LogP contribution >= 0.6 is 0 Å². The Hall–Kier alpha value is -2.08. The van der Waals surface area contributed by atoms with E-state index in [0.29, 0.717) is 6.04 Å². The van der Waals surface area contributed by atoms with Crippen LogP contribution in [0.2, 0.25) is 0 Å². The fraction of sp³-hybridized carbons (Fsp3) is 0.579. The Balaban J connectivity index is 1.37. The van der Waals surface area contributed by atoms with Crippen molar-refractivity contribution >= 4 is 23.0 Å². The van der Waals surface area contributed by atoms with Gasteiger partial charge in [0.15, 0.2) is 5.58 Å². The van der Waals surface area contributed by atoms with Crippen LogP contribution in [0.3, 0.4) is 0 Å². The molecule has 1 aromatic carbocycles. The van der Waals surface area contributed by atoms with Crippen LogP contribution in [-0.2, 0) is 4.79 Å². The second kappa shape index (κ2) is 7.04. The monoisotopic (exact) mass is 342 g/mol. The number of anilines is 1. The standard InChI is InChI=1S/C19H26N4O2/c1-20-18(24)14-5-4-10-23(13-14)15-8-11-22(12-9-15)19-21-16-6-2-3-7-17(16)25-19/h2-3,6-7,14-15H,4-5,8-13H2,1H3,(H,20,24). The van der Waals surface area contributed by atoms with Gasteiger partial charge in [0.2, 0.25) is 5.91 Å². The molecule has 134 valence electrons.